The number of hydrogen-bond donors (Lipinski definition) is 3. The Labute approximate surface area is 153 Å². The molecule has 0 amide bonds. The molecule has 0 aliphatic rings. The lowest BCUT2D eigenvalue weighted by atomic mass is 10.2. The number of aliphatic hydroxyl groups excluding tert-OH is 1. The van der Waals surface area contributed by atoms with Crippen LogP contribution in [-0.4, -0.2) is 37.8 Å². The van der Waals surface area contributed by atoms with Gasteiger partial charge in [-0.1, -0.05) is 30.3 Å². The van der Waals surface area contributed by atoms with E-state index in [2.05, 4.69) is 51.6 Å². The number of fused-ring (bicyclic) bond motifs is 1. The van der Waals surface area contributed by atoms with Crippen molar-refractivity contribution in [3.8, 4) is 0 Å². The van der Waals surface area contributed by atoms with Crippen molar-refractivity contribution >= 4 is 22.9 Å². The normalized spacial score (nSPS) is 11.2. The SMILES string of the molecule is CC(C)n1cnc2c(NCc3ccccc3)nc(NCCCCO)nc21. The topological polar surface area (TPSA) is 87.9 Å². The molecule has 0 saturated heterocycles. The van der Waals surface area contributed by atoms with Gasteiger partial charge in [0.2, 0.25) is 5.95 Å². The summed E-state index contributed by atoms with van der Waals surface area (Å²) in [5.74, 6) is 1.30. The Balaban J connectivity index is 1.86. The van der Waals surface area contributed by atoms with Gasteiger partial charge in [0, 0.05) is 25.7 Å². The standard InChI is InChI=1S/C19H26N6O/c1-14(2)25-13-22-16-17(21-12-15-8-4-3-5-9-15)23-19(24-18(16)25)20-10-6-7-11-26/h3-5,8-9,13-14,26H,6-7,10-12H2,1-2H3,(H2,20,21,23,24). The highest BCUT2D eigenvalue weighted by Crippen LogP contribution is 2.23. The molecular formula is C19H26N6O. The predicted octanol–water partition coefficient (Wildman–Crippen LogP) is 3.20. The fourth-order valence-electron chi connectivity index (χ4n) is 2.72. The number of unbranched alkanes of at least 4 members (excludes halogenated alkanes) is 1. The minimum absolute atomic E-state index is 0.200. The summed E-state index contributed by atoms with van der Waals surface area (Å²) >= 11 is 0. The van der Waals surface area contributed by atoms with Gasteiger partial charge < -0.3 is 20.3 Å². The Morgan fingerprint density at radius 3 is 2.62 bits per heavy atom. The minimum atomic E-state index is 0.200. The molecule has 0 aliphatic carbocycles. The van der Waals surface area contributed by atoms with Crippen molar-refractivity contribution in [1.29, 1.82) is 0 Å². The highest BCUT2D eigenvalue weighted by molar-refractivity contribution is 5.84. The van der Waals surface area contributed by atoms with E-state index in [9.17, 15) is 0 Å². The second kappa shape index (κ2) is 8.62. The summed E-state index contributed by atoms with van der Waals surface area (Å²) in [7, 11) is 0. The molecule has 0 aliphatic heterocycles. The first-order valence-corrected chi connectivity index (χ1v) is 9.06. The third-order valence-corrected chi connectivity index (χ3v) is 4.15. The van der Waals surface area contributed by atoms with Crippen LogP contribution in [0.1, 0.15) is 38.3 Å². The number of benzene rings is 1. The molecule has 0 unspecified atom stereocenters. The lowest BCUT2D eigenvalue weighted by Gasteiger charge is -2.12. The summed E-state index contributed by atoms with van der Waals surface area (Å²) in [6, 6.07) is 10.5. The maximum Gasteiger partial charge on any atom is 0.226 e. The molecule has 0 bridgehead atoms. The molecule has 0 fully saturated rings. The molecule has 2 aromatic heterocycles. The average Bonchev–Trinajstić information content (AvgIpc) is 3.08. The van der Waals surface area contributed by atoms with Crippen LogP contribution in [0.3, 0.4) is 0 Å². The summed E-state index contributed by atoms with van der Waals surface area (Å²) in [5.41, 5.74) is 2.77. The maximum absolute atomic E-state index is 8.92. The van der Waals surface area contributed by atoms with Crippen LogP contribution in [0.25, 0.3) is 11.2 Å². The number of aromatic nitrogens is 4. The van der Waals surface area contributed by atoms with Gasteiger partial charge in [-0.25, -0.2) is 4.98 Å². The van der Waals surface area contributed by atoms with Crippen LogP contribution in [0.4, 0.5) is 11.8 Å². The summed E-state index contributed by atoms with van der Waals surface area (Å²) in [5, 5.41) is 15.6. The van der Waals surface area contributed by atoms with Crippen LogP contribution >= 0.6 is 0 Å². The Morgan fingerprint density at radius 1 is 1.08 bits per heavy atom. The van der Waals surface area contributed by atoms with E-state index < -0.39 is 0 Å². The van der Waals surface area contributed by atoms with Crippen molar-refractivity contribution in [3.05, 3.63) is 42.2 Å². The number of nitrogens with one attached hydrogen (secondary N) is 2. The van der Waals surface area contributed by atoms with Crippen molar-refractivity contribution in [3.63, 3.8) is 0 Å². The first-order chi connectivity index (χ1) is 12.7. The first-order valence-electron chi connectivity index (χ1n) is 9.06. The second-order valence-electron chi connectivity index (χ2n) is 6.51. The van der Waals surface area contributed by atoms with Gasteiger partial charge in [-0.3, -0.25) is 0 Å². The van der Waals surface area contributed by atoms with Crippen LogP contribution in [0.15, 0.2) is 36.7 Å². The van der Waals surface area contributed by atoms with Crippen molar-refractivity contribution < 1.29 is 5.11 Å². The van der Waals surface area contributed by atoms with Crippen LogP contribution < -0.4 is 10.6 Å². The Bertz CT molecular complexity index is 831. The number of rotatable bonds is 9. The quantitative estimate of drug-likeness (QED) is 0.512. The van der Waals surface area contributed by atoms with Crippen molar-refractivity contribution in [2.75, 3.05) is 23.8 Å². The van der Waals surface area contributed by atoms with Gasteiger partial charge in [0.05, 0.1) is 6.33 Å². The van der Waals surface area contributed by atoms with Crippen LogP contribution in [-0.2, 0) is 6.54 Å². The maximum atomic E-state index is 8.92. The van der Waals surface area contributed by atoms with E-state index in [1.807, 2.05) is 29.1 Å². The van der Waals surface area contributed by atoms with Gasteiger partial charge in [0.15, 0.2) is 17.0 Å². The van der Waals surface area contributed by atoms with Crippen LogP contribution in [0.5, 0.6) is 0 Å². The molecule has 26 heavy (non-hydrogen) atoms. The number of imidazole rings is 1. The molecule has 7 heteroatoms. The predicted molar refractivity (Wildman–Crippen MR) is 104 cm³/mol. The zero-order chi connectivity index (χ0) is 18.4. The molecule has 0 saturated carbocycles. The van der Waals surface area contributed by atoms with E-state index in [1.54, 1.807) is 0 Å². The molecule has 1 aromatic carbocycles. The lowest BCUT2D eigenvalue weighted by molar-refractivity contribution is 0.286. The van der Waals surface area contributed by atoms with E-state index in [0.29, 0.717) is 12.5 Å². The molecule has 0 radical (unpaired) electrons. The Kier molecular flexibility index (Phi) is 6.01. The molecule has 0 atom stereocenters. The van der Waals surface area contributed by atoms with Gasteiger partial charge in [-0.05, 0) is 32.3 Å². The van der Waals surface area contributed by atoms with Crippen molar-refractivity contribution in [1.82, 2.24) is 19.5 Å². The zero-order valence-electron chi connectivity index (χ0n) is 15.3. The van der Waals surface area contributed by atoms with Crippen molar-refractivity contribution in [2.24, 2.45) is 0 Å². The Hall–Kier alpha value is -2.67. The highest BCUT2D eigenvalue weighted by atomic mass is 16.2. The number of hydrogen-bond acceptors (Lipinski definition) is 6. The minimum Gasteiger partial charge on any atom is -0.396 e. The van der Waals surface area contributed by atoms with Crippen LogP contribution in [0.2, 0.25) is 0 Å². The van der Waals surface area contributed by atoms with Gasteiger partial charge in [-0.15, -0.1) is 0 Å². The van der Waals surface area contributed by atoms with Gasteiger partial charge in [-0.2, -0.15) is 9.97 Å². The van der Waals surface area contributed by atoms with Gasteiger partial charge >= 0.3 is 0 Å². The zero-order valence-corrected chi connectivity index (χ0v) is 15.3. The first kappa shape index (κ1) is 18.1. The van der Waals surface area contributed by atoms with E-state index in [1.165, 1.54) is 5.56 Å². The fraction of sp³-hybridized carbons (Fsp3) is 0.421. The van der Waals surface area contributed by atoms with E-state index >= 15 is 0 Å². The summed E-state index contributed by atoms with van der Waals surface area (Å²) in [6.45, 7) is 5.81. The third-order valence-electron chi connectivity index (χ3n) is 4.15. The second-order valence-corrected chi connectivity index (χ2v) is 6.51. The lowest BCUT2D eigenvalue weighted by Crippen LogP contribution is -2.10. The van der Waals surface area contributed by atoms with Crippen LogP contribution in [0, 0.1) is 0 Å². The fourth-order valence-corrected chi connectivity index (χ4v) is 2.72. The molecule has 0 spiro atoms. The molecule has 138 valence electrons. The number of anilines is 2. The van der Waals surface area contributed by atoms with Gasteiger partial charge in [0.25, 0.3) is 0 Å². The summed E-state index contributed by atoms with van der Waals surface area (Å²) in [4.78, 5) is 13.8. The smallest absolute Gasteiger partial charge is 0.226 e. The van der Waals surface area contributed by atoms with E-state index in [0.717, 1.165) is 36.4 Å². The Morgan fingerprint density at radius 2 is 1.88 bits per heavy atom. The van der Waals surface area contributed by atoms with Gasteiger partial charge in [0.1, 0.15) is 0 Å². The molecule has 3 aromatic rings. The molecule has 7 nitrogen and oxygen atoms in total. The monoisotopic (exact) mass is 354 g/mol. The molecule has 3 rings (SSSR count). The average molecular weight is 354 g/mol. The molecule has 2 heterocycles. The number of nitrogens with zero attached hydrogens (tertiary/aromatic N) is 4. The third kappa shape index (κ3) is 4.29. The van der Waals surface area contributed by atoms with E-state index in [4.69, 9.17) is 5.11 Å². The largest absolute Gasteiger partial charge is 0.396 e. The van der Waals surface area contributed by atoms with E-state index in [-0.39, 0.29) is 12.6 Å². The number of aliphatic hydroxyl groups is 1. The van der Waals surface area contributed by atoms with Crippen molar-refractivity contribution in [2.45, 2.75) is 39.3 Å². The molecular weight excluding hydrogens is 328 g/mol. The highest BCUT2D eigenvalue weighted by Gasteiger charge is 2.14. The summed E-state index contributed by atoms with van der Waals surface area (Å²) < 4.78 is 2.05. The summed E-state index contributed by atoms with van der Waals surface area (Å²) in [6.07, 6.45) is 3.44. The molecule has 3 N–H and O–H groups in total.